The number of nitrogens with zero attached hydrogens (tertiary/aromatic N) is 4. The molecule has 0 N–H and O–H groups in total. The molecule has 0 spiro atoms. The number of aryl methyl sites for hydroxylation is 1. The van der Waals surface area contributed by atoms with Gasteiger partial charge in [-0.15, -0.1) is 0 Å². The van der Waals surface area contributed by atoms with E-state index in [9.17, 15) is 27.6 Å². The molecule has 0 aliphatic carbocycles. The summed E-state index contributed by atoms with van der Waals surface area (Å²) in [5.74, 6) is -3.22. The number of ketones is 1. The highest BCUT2D eigenvalue weighted by molar-refractivity contribution is 6.33. The molecule has 0 aliphatic rings. The number of carbonyl (C=O) groups is 1. The minimum atomic E-state index is -4.94. The van der Waals surface area contributed by atoms with Crippen LogP contribution in [0.4, 0.5) is 17.6 Å². The summed E-state index contributed by atoms with van der Waals surface area (Å²) in [7, 11) is 1.15. The van der Waals surface area contributed by atoms with E-state index in [0.717, 1.165) is 19.2 Å². The summed E-state index contributed by atoms with van der Waals surface area (Å²) in [6, 6.07) is 6.66. The summed E-state index contributed by atoms with van der Waals surface area (Å²) in [6.45, 7) is 1.81. The summed E-state index contributed by atoms with van der Waals surface area (Å²) in [5, 5.41) is 16.0. The normalized spacial score (nSPS) is 13.1. The molecule has 154 valence electrons. The number of benzene rings is 1. The Morgan fingerprint density at radius 3 is 2.52 bits per heavy atom. The van der Waals surface area contributed by atoms with E-state index in [0.29, 0.717) is 10.2 Å². The predicted octanol–water partition coefficient (Wildman–Crippen LogP) is 4.38. The zero-order valence-electron chi connectivity index (χ0n) is 15.3. The molecule has 2 rings (SSSR count). The van der Waals surface area contributed by atoms with Crippen molar-refractivity contribution in [1.82, 2.24) is 9.78 Å². The van der Waals surface area contributed by atoms with Crippen LogP contribution < -0.4 is 0 Å². The molecule has 1 atom stereocenters. The van der Waals surface area contributed by atoms with E-state index in [1.54, 1.807) is 13.0 Å². The van der Waals surface area contributed by atoms with Gasteiger partial charge >= 0.3 is 6.18 Å². The maximum atomic E-state index is 13.3. The fourth-order valence-electron chi connectivity index (χ4n) is 2.48. The van der Waals surface area contributed by atoms with Crippen molar-refractivity contribution in [2.45, 2.75) is 19.5 Å². The first-order chi connectivity index (χ1) is 13.6. The lowest BCUT2D eigenvalue weighted by molar-refractivity contribution is -0.141. The Kier molecular flexibility index (Phi) is 6.97. The largest absolute Gasteiger partial charge is 0.435 e. The van der Waals surface area contributed by atoms with Gasteiger partial charge in [0.1, 0.15) is 23.5 Å². The Bertz CT molecular complexity index is 962. The van der Waals surface area contributed by atoms with Gasteiger partial charge in [-0.25, -0.2) is 4.39 Å². The predicted molar refractivity (Wildman–Crippen MR) is 95.8 cm³/mol. The molecule has 1 heterocycles. The number of halogens is 5. The van der Waals surface area contributed by atoms with Crippen molar-refractivity contribution < 1.29 is 27.2 Å². The Morgan fingerprint density at radius 1 is 1.38 bits per heavy atom. The average molecular weight is 431 g/mol. The molecule has 0 radical (unpaired) electrons. The van der Waals surface area contributed by atoms with Crippen LogP contribution in [0, 0.1) is 23.1 Å². The second-order valence-electron chi connectivity index (χ2n) is 5.85. The number of Topliss-reactive ketones (excluding diaryl/α,β-unsaturated/α-hetero) is 1. The van der Waals surface area contributed by atoms with Gasteiger partial charge in [-0.2, -0.15) is 23.5 Å². The average Bonchev–Trinajstić information content (AvgIpc) is 2.97. The van der Waals surface area contributed by atoms with Crippen LogP contribution in [-0.4, -0.2) is 27.9 Å². The van der Waals surface area contributed by atoms with Gasteiger partial charge in [-0.05, 0) is 24.6 Å². The van der Waals surface area contributed by atoms with Crippen LogP contribution in [0.2, 0.25) is 5.15 Å². The second kappa shape index (κ2) is 9.05. The summed E-state index contributed by atoms with van der Waals surface area (Å²) in [5.41, 5.74) is -1.91. The van der Waals surface area contributed by atoms with E-state index >= 15 is 0 Å². The molecule has 0 saturated heterocycles. The van der Waals surface area contributed by atoms with E-state index in [-0.39, 0.29) is 18.7 Å². The highest BCUT2D eigenvalue weighted by Gasteiger charge is 2.42. The molecule has 1 aromatic carbocycles. The monoisotopic (exact) mass is 430 g/mol. The third kappa shape index (κ3) is 5.12. The quantitative estimate of drug-likeness (QED) is 0.282. The molecule has 6 nitrogen and oxygen atoms in total. The minimum Gasteiger partial charge on any atom is -0.396 e. The topological polar surface area (TPSA) is 80.3 Å². The highest BCUT2D eigenvalue weighted by atomic mass is 35.5. The van der Waals surface area contributed by atoms with E-state index in [1.165, 1.54) is 12.1 Å². The lowest BCUT2D eigenvalue weighted by atomic mass is 9.91. The molecule has 0 amide bonds. The standard InChI is InChI=1S/C18H15ClF4N4O2/c1-3-29-26-13(10-4-6-12(20)7-5-10)8-11(9-24)15(28)14-16(18(21,22)23)25-27(2)17(14)19/h4-7,11H,3,8H2,1-2H3. The third-order valence-corrected chi connectivity index (χ3v) is 4.28. The highest BCUT2D eigenvalue weighted by Crippen LogP contribution is 2.35. The molecular weight excluding hydrogens is 416 g/mol. The van der Waals surface area contributed by atoms with Gasteiger partial charge in [0.25, 0.3) is 0 Å². The molecule has 11 heteroatoms. The van der Waals surface area contributed by atoms with Crippen molar-refractivity contribution >= 4 is 23.1 Å². The van der Waals surface area contributed by atoms with Gasteiger partial charge < -0.3 is 4.84 Å². The van der Waals surface area contributed by atoms with Crippen LogP contribution in [0.15, 0.2) is 29.4 Å². The van der Waals surface area contributed by atoms with E-state index in [2.05, 4.69) is 10.3 Å². The van der Waals surface area contributed by atoms with Crippen LogP contribution in [0.1, 0.15) is 35.0 Å². The Balaban J connectivity index is 2.43. The van der Waals surface area contributed by atoms with Crippen LogP contribution in [-0.2, 0) is 18.1 Å². The van der Waals surface area contributed by atoms with Crippen molar-refractivity contribution in [2.24, 2.45) is 18.1 Å². The molecule has 0 saturated carbocycles. The first-order valence-electron chi connectivity index (χ1n) is 8.28. The lowest BCUT2D eigenvalue weighted by Gasteiger charge is -2.12. The molecule has 0 aliphatic heterocycles. The number of hydrogen-bond acceptors (Lipinski definition) is 5. The van der Waals surface area contributed by atoms with Crippen molar-refractivity contribution in [3.05, 3.63) is 52.1 Å². The van der Waals surface area contributed by atoms with Crippen LogP contribution in [0.5, 0.6) is 0 Å². The number of oxime groups is 1. The van der Waals surface area contributed by atoms with Gasteiger partial charge in [0.2, 0.25) is 0 Å². The Hall–Kier alpha value is -2.93. The molecule has 29 heavy (non-hydrogen) atoms. The van der Waals surface area contributed by atoms with Crippen LogP contribution in [0.3, 0.4) is 0 Å². The number of alkyl halides is 3. The summed E-state index contributed by atoms with van der Waals surface area (Å²) < 4.78 is 53.6. The zero-order valence-corrected chi connectivity index (χ0v) is 16.1. The SMILES string of the molecule is CCON=C(CC(C#N)C(=O)c1c(C(F)(F)F)nn(C)c1Cl)c1ccc(F)cc1. The zero-order chi connectivity index (χ0) is 21.8. The number of rotatable bonds is 7. The van der Waals surface area contributed by atoms with Gasteiger partial charge in [0, 0.05) is 13.5 Å². The van der Waals surface area contributed by atoms with Gasteiger partial charge in [0.15, 0.2) is 11.5 Å². The van der Waals surface area contributed by atoms with Crippen molar-refractivity contribution in [3.63, 3.8) is 0 Å². The van der Waals surface area contributed by atoms with Crippen LogP contribution >= 0.6 is 11.6 Å². The third-order valence-electron chi connectivity index (χ3n) is 3.84. The van der Waals surface area contributed by atoms with Crippen molar-refractivity contribution in [1.29, 1.82) is 5.26 Å². The lowest BCUT2D eigenvalue weighted by Crippen LogP contribution is -2.21. The first kappa shape index (κ1) is 22.4. The molecular formula is C18H15ClF4N4O2. The number of hydrogen-bond donors (Lipinski definition) is 0. The van der Waals surface area contributed by atoms with Crippen LogP contribution in [0.25, 0.3) is 0 Å². The maximum Gasteiger partial charge on any atom is 0.435 e. The van der Waals surface area contributed by atoms with Gasteiger partial charge in [-0.3, -0.25) is 9.48 Å². The van der Waals surface area contributed by atoms with E-state index < -0.39 is 40.1 Å². The summed E-state index contributed by atoms with van der Waals surface area (Å²) in [6.07, 6.45) is -5.31. The molecule has 0 fully saturated rings. The van der Waals surface area contributed by atoms with Crippen molar-refractivity contribution in [2.75, 3.05) is 6.61 Å². The summed E-state index contributed by atoms with van der Waals surface area (Å²) in [4.78, 5) is 17.7. The smallest absolute Gasteiger partial charge is 0.396 e. The molecule has 1 unspecified atom stereocenters. The number of aromatic nitrogens is 2. The van der Waals surface area contributed by atoms with Crippen molar-refractivity contribution in [3.8, 4) is 6.07 Å². The first-order valence-corrected chi connectivity index (χ1v) is 8.66. The van der Waals surface area contributed by atoms with E-state index in [4.69, 9.17) is 16.4 Å². The minimum absolute atomic E-state index is 0.0975. The number of carbonyl (C=O) groups excluding carboxylic acids is 1. The summed E-state index contributed by atoms with van der Waals surface area (Å²) >= 11 is 5.84. The fraction of sp³-hybridized carbons (Fsp3) is 0.333. The Morgan fingerprint density at radius 2 is 2.00 bits per heavy atom. The van der Waals surface area contributed by atoms with E-state index in [1.807, 2.05) is 0 Å². The second-order valence-corrected chi connectivity index (χ2v) is 6.21. The van der Waals surface area contributed by atoms with Gasteiger partial charge in [0.05, 0.1) is 17.3 Å². The molecule has 2 aromatic rings. The maximum absolute atomic E-state index is 13.3. The molecule has 0 bridgehead atoms. The molecule has 1 aromatic heterocycles. The Labute approximate surface area is 168 Å². The number of nitriles is 1. The van der Waals surface area contributed by atoms with Gasteiger partial charge in [-0.1, -0.05) is 28.9 Å². The fourth-order valence-corrected chi connectivity index (χ4v) is 2.70.